The van der Waals surface area contributed by atoms with Gasteiger partial charge >= 0.3 is 5.97 Å². The first-order valence-corrected chi connectivity index (χ1v) is 2.42. The number of rotatable bonds is 3. The van der Waals surface area contributed by atoms with Crippen molar-refractivity contribution in [3.8, 4) is 0 Å². The lowest BCUT2D eigenvalue weighted by molar-refractivity contribution is -0.140. The van der Waals surface area contributed by atoms with Gasteiger partial charge in [0.2, 0.25) is 0 Å². The standard InChI is InChI=1S/C6H9NO2/c1-3-5(7)9-6(8)4-2/h3-5H,1-2,7H2. The molecule has 0 aromatic rings. The van der Waals surface area contributed by atoms with E-state index in [1.54, 1.807) is 0 Å². The van der Waals surface area contributed by atoms with Gasteiger partial charge in [0, 0.05) is 6.08 Å². The third-order valence-corrected chi connectivity index (χ3v) is 0.651. The average Bonchev–Trinajstić information content (AvgIpc) is 1.87. The van der Waals surface area contributed by atoms with E-state index in [9.17, 15) is 4.79 Å². The van der Waals surface area contributed by atoms with Gasteiger partial charge in [-0.05, 0) is 6.08 Å². The molecule has 0 rings (SSSR count). The Hall–Kier alpha value is -1.09. The number of nitrogens with two attached hydrogens (primary N) is 1. The van der Waals surface area contributed by atoms with Crippen LogP contribution in [0.4, 0.5) is 0 Å². The third kappa shape index (κ3) is 3.49. The first-order chi connectivity index (χ1) is 4.20. The second kappa shape index (κ2) is 3.86. The first kappa shape index (κ1) is 7.91. The lowest BCUT2D eigenvalue weighted by Crippen LogP contribution is -2.23. The van der Waals surface area contributed by atoms with Crippen molar-refractivity contribution >= 4 is 5.97 Å². The topological polar surface area (TPSA) is 52.3 Å². The molecule has 1 unspecified atom stereocenters. The molecule has 0 spiro atoms. The van der Waals surface area contributed by atoms with Crippen LogP contribution in [0.25, 0.3) is 0 Å². The van der Waals surface area contributed by atoms with Crippen LogP contribution in [0.15, 0.2) is 25.3 Å². The van der Waals surface area contributed by atoms with Crippen molar-refractivity contribution < 1.29 is 9.53 Å². The average molecular weight is 127 g/mol. The van der Waals surface area contributed by atoms with Crippen LogP contribution in [0, 0.1) is 0 Å². The molecule has 0 aliphatic carbocycles. The summed E-state index contributed by atoms with van der Waals surface area (Å²) >= 11 is 0. The van der Waals surface area contributed by atoms with Crippen LogP contribution in [0.5, 0.6) is 0 Å². The largest absolute Gasteiger partial charge is 0.440 e. The first-order valence-electron chi connectivity index (χ1n) is 2.42. The zero-order valence-corrected chi connectivity index (χ0v) is 5.04. The Bertz CT molecular complexity index is 131. The van der Waals surface area contributed by atoms with Crippen molar-refractivity contribution in [1.29, 1.82) is 0 Å². The van der Waals surface area contributed by atoms with Crippen molar-refractivity contribution in [1.82, 2.24) is 0 Å². The van der Waals surface area contributed by atoms with Gasteiger partial charge < -0.3 is 4.74 Å². The van der Waals surface area contributed by atoms with E-state index in [4.69, 9.17) is 5.73 Å². The number of hydrogen-bond donors (Lipinski definition) is 1. The summed E-state index contributed by atoms with van der Waals surface area (Å²) in [6.45, 7) is 6.50. The third-order valence-electron chi connectivity index (χ3n) is 0.651. The molecule has 0 aromatic heterocycles. The van der Waals surface area contributed by atoms with Crippen LogP contribution >= 0.6 is 0 Å². The fourth-order valence-corrected chi connectivity index (χ4v) is 0.230. The minimum Gasteiger partial charge on any atom is -0.440 e. The van der Waals surface area contributed by atoms with Crippen molar-refractivity contribution in [3.63, 3.8) is 0 Å². The second-order valence-corrected chi connectivity index (χ2v) is 1.34. The minimum atomic E-state index is -0.726. The number of carbonyl (C=O) groups excluding carboxylic acids is 1. The van der Waals surface area contributed by atoms with Crippen LogP contribution in [0.2, 0.25) is 0 Å². The Morgan fingerprint density at radius 2 is 2.22 bits per heavy atom. The molecular formula is C6H9NO2. The molecule has 9 heavy (non-hydrogen) atoms. The Morgan fingerprint density at radius 3 is 2.56 bits per heavy atom. The van der Waals surface area contributed by atoms with E-state index < -0.39 is 12.2 Å². The van der Waals surface area contributed by atoms with Crippen molar-refractivity contribution in [2.45, 2.75) is 6.23 Å². The molecule has 50 valence electrons. The molecule has 1 atom stereocenters. The second-order valence-electron chi connectivity index (χ2n) is 1.34. The SMILES string of the molecule is C=CC(=O)OC(N)C=C. The maximum Gasteiger partial charge on any atom is 0.331 e. The number of carbonyl (C=O) groups is 1. The number of esters is 1. The van der Waals surface area contributed by atoms with Gasteiger partial charge in [-0.15, -0.1) is 0 Å². The quantitative estimate of drug-likeness (QED) is 0.255. The van der Waals surface area contributed by atoms with E-state index in [0.29, 0.717) is 0 Å². The van der Waals surface area contributed by atoms with E-state index >= 15 is 0 Å². The van der Waals surface area contributed by atoms with Gasteiger partial charge in [-0.25, -0.2) is 4.79 Å². The van der Waals surface area contributed by atoms with Gasteiger partial charge in [0.25, 0.3) is 0 Å². The van der Waals surface area contributed by atoms with Crippen LogP contribution in [0.3, 0.4) is 0 Å². The Morgan fingerprint density at radius 1 is 1.67 bits per heavy atom. The Labute approximate surface area is 53.8 Å². The summed E-state index contributed by atoms with van der Waals surface area (Å²) in [6.07, 6.45) is 1.64. The van der Waals surface area contributed by atoms with E-state index in [2.05, 4.69) is 17.9 Å². The maximum absolute atomic E-state index is 10.3. The van der Waals surface area contributed by atoms with Crippen molar-refractivity contribution in [3.05, 3.63) is 25.3 Å². The predicted octanol–water partition coefficient (Wildman–Crippen LogP) is 0.186. The molecule has 0 saturated heterocycles. The minimum absolute atomic E-state index is 0.539. The van der Waals surface area contributed by atoms with Gasteiger partial charge in [0.1, 0.15) is 0 Å². The summed E-state index contributed by atoms with van der Waals surface area (Å²) < 4.78 is 4.45. The highest BCUT2D eigenvalue weighted by molar-refractivity contribution is 5.81. The number of ether oxygens (including phenoxy) is 1. The fourth-order valence-electron chi connectivity index (χ4n) is 0.230. The summed E-state index contributed by atoms with van der Waals surface area (Å²) in [6, 6.07) is 0. The van der Waals surface area contributed by atoms with Crippen LogP contribution in [-0.4, -0.2) is 12.2 Å². The zero-order valence-electron chi connectivity index (χ0n) is 5.04. The summed E-state index contributed by atoms with van der Waals surface area (Å²) in [7, 11) is 0. The molecule has 3 heteroatoms. The molecule has 0 heterocycles. The monoisotopic (exact) mass is 127 g/mol. The molecule has 0 bridgehead atoms. The van der Waals surface area contributed by atoms with E-state index in [0.717, 1.165) is 6.08 Å². The summed E-state index contributed by atoms with van der Waals surface area (Å²) in [5.74, 6) is -0.539. The normalized spacial score (nSPS) is 11.7. The van der Waals surface area contributed by atoms with Crippen LogP contribution < -0.4 is 5.73 Å². The van der Waals surface area contributed by atoms with E-state index in [-0.39, 0.29) is 0 Å². The molecule has 0 radical (unpaired) electrons. The molecule has 0 amide bonds. The highest BCUT2D eigenvalue weighted by Gasteiger charge is 1.98. The molecule has 0 aromatic carbocycles. The van der Waals surface area contributed by atoms with Crippen molar-refractivity contribution in [2.75, 3.05) is 0 Å². The highest BCUT2D eigenvalue weighted by atomic mass is 16.5. The molecule has 2 N–H and O–H groups in total. The van der Waals surface area contributed by atoms with Gasteiger partial charge in [-0.2, -0.15) is 0 Å². The van der Waals surface area contributed by atoms with Gasteiger partial charge in [-0.3, -0.25) is 5.73 Å². The van der Waals surface area contributed by atoms with Gasteiger partial charge in [-0.1, -0.05) is 13.2 Å². The maximum atomic E-state index is 10.3. The molecule has 0 aliphatic rings. The molecular weight excluding hydrogens is 118 g/mol. The van der Waals surface area contributed by atoms with E-state index in [1.807, 2.05) is 0 Å². The smallest absolute Gasteiger partial charge is 0.331 e. The van der Waals surface area contributed by atoms with Crippen LogP contribution in [0.1, 0.15) is 0 Å². The van der Waals surface area contributed by atoms with Crippen LogP contribution in [-0.2, 0) is 9.53 Å². The lowest BCUT2D eigenvalue weighted by atomic mass is 10.5. The number of hydrogen-bond acceptors (Lipinski definition) is 3. The molecule has 0 saturated carbocycles. The zero-order chi connectivity index (χ0) is 7.28. The Kier molecular flexibility index (Phi) is 3.39. The lowest BCUT2D eigenvalue weighted by Gasteiger charge is -2.04. The van der Waals surface area contributed by atoms with Gasteiger partial charge in [0.05, 0.1) is 0 Å². The summed E-state index contributed by atoms with van der Waals surface area (Å²) in [5, 5.41) is 0. The van der Waals surface area contributed by atoms with Gasteiger partial charge in [0.15, 0.2) is 6.23 Å². The fraction of sp³-hybridized carbons (Fsp3) is 0.167. The molecule has 3 nitrogen and oxygen atoms in total. The molecule has 0 fully saturated rings. The summed E-state index contributed by atoms with van der Waals surface area (Å²) in [4.78, 5) is 10.3. The highest BCUT2D eigenvalue weighted by Crippen LogP contribution is 1.84. The Balaban J connectivity index is 3.58. The van der Waals surface area contributed by atoms with Crippen molar-refractivity contribution in [2.24, 2.45) is 5.73 Å². The predicted molar refractivity (Wildman–Crippen MR) is 34.5 cm³/mol. The van der Waals surface area contributed by atoms with E-state index in [1.165, 1.54) is 6.08 Å². The molecule has 0 aliphatic heterocycles. The summed E-state index contributed by atoms with van der Waals surface area (Å²) in [5.41, 5.74) is 5.14.